The summed E-state index contributed by atoms with van der Waals surface area (Å²) in [6.45, 7) is 6.17. The van der Waals surface area contributed by atoms with Crippen LogP contribution in [0.25, 0.3) is 22.0 Å². The second-order valence-corrected chi connectivity index (χ2v) is 9.14. The summed E-state index contributed by atoms with van der Waals surface area (Å²) in [4.78, 5) is 15.0. The molecule has 1 aliphatic heterocycles. The SMILES string of the molecule is Cc1cc2cc(-c3cn[nH]c3)ccc2n1C[C@H]1C[C@@H](C)N(C(=O)CCc2ccccc2)C1. The van der Waals surface area contributed by atoms with Gasteiger partial charge >= 0.3 is 0 Å². The number of nitrogens with zero attached hydrogens (tertiary/aromatic N) is 3. The maximum Gasteiger partial charge on any atom is 0.223 e. The van der Waals surface area contributed by atoms with E-state index in [1.54, 1.807) is 0 Å². The Bertz CT molecular complexity index is 1210. The number of benzene rings is 2. The lowest BCUT2D eigenvalue weighted by molar-refractivity contribution is -0.131. The van der Waals surface area contributed by atoms with Crippen molar-refractivity contribution < 1.29 is 4.79 Å². The van der Waals surface area contributed by atoms with Crippen molar-refractivity contribution in [1.29, 1.82) is 0 Å². The Morgan fingerprint density at radius 1 is 1.12 bits per heavy atom. The predicted molar refractivity (Wildman–Crippen MR) is 128 cm³/mol. The third kappa shape index (κ3) is 4.07. The highest BCUT2D eigenvalue weighted by atomic mass is 16.2. The molecule has 2 atom stereocenters. The van der Waals surface area contributed by atoms with Gasteiger partial charge in [-0.2, -0.15) is 5.10 Å². The van der Waals surface area contributed by atoms with Gasteiger partial charge in [-0.1, -0.05) is 36.4 Å². The molecule has 0 spiro atoms. The average molecular weight is 427 g/mol. The van der Waals surface area contributed by atoms with Gasteiger partial charge < -0.3 is 9.47 Å². The first kappa shape index (κ1) is 20.6. The molecule has 5 nitrogen and oxygen atoms in total. The highest BCUT2D eigenvalue weighted by Gasteiger charge is 2.32. The fraction of sp³-hybridized carbons (Fsp3) is 0.333. The Morgan fingerprint density at radius 2 is 1.97 bits per heavy atom. The lowest BCUT2D eigenvalue weighted by Gasteiger charge is -2.21. The first-order chi connectivity index (χ1) is 15.6. The molecule has 1 N–H and O–H groups in total. The summed E-state index contributed by atoms with van der Waals surface area (Å²) in [5.74, 6) is 0.760. The minimum atomic E-state index is 0.280. The molecule has 5 rings (SSSR count). The van der Waals surface area contributed by atoms with Gasteiger partial charge in [-0.25, -0.2) is 0 Å². The minimum absolute atomic E-state index is 0.280. The molecule has 5 heteroatoms. The maximum absolute atomic E-state index is 12.9. The number of aromatic nitrogens is 3. The Kier molecular flexibility index (Phi) is 5.56. The standard InChI is InChI=1S/C27H30N4O/c1-19-12-22(18-31(19)27(32)11-8-21-6-4-3-5-7-21)17-30-20(2)13-24-14-23(9-10-26(24)30)25-15-28-29-16-25/h3-7,9-10,13-16,19,22H,8,11-12,17-18H2,1-2H3,(H,28,29)/t19-,22-/m1/s1. The summed E-state index contributed by atoms with van der Waals surface area (Å²) < 4.78 is 2.42. The zero-order chi connectivity index (χ0) is 22.1. The summed E-state index contributed by atoms with van der Waals surface area (Å²) in [7, 11) is 0. The van der Waals surface area contributed by atoms with Crippen molar-refractivity contribution in [2.45, 2.75) is 45.7 Å². The fourth-order valence-corrected chi connectivity index (χ4v) is 5.16. The third-order valence-corrected chi connectivity index (χ3v) is 6.83. The molecule has 0 saturated carbocycles. The largest absolute Gasteiger partial charge is 0.345 e. The van der Waals surface area contributed by atoms with Crippen LogP contribution in [0, 0.1) is 12.8 Å². The zero-order valence-corrected chi connectivity index (χ0v) is 18.8. The predicted octanol–water partition coefficient (Wildman–Crippen LogP) is 5.21. The van der Waals surface area contributed by atoms with E-state index in [2.05, 4.69) is 69.9 Å². The van der Waals surface area contributed by atoms with Crippen molar-refractivity contribution in [3.63, 3.8) is 0 Å². The van der Waals surface area contributed by atoms with E-state index in [0.29, 0.717) is 18.4 Å². The smallest absolute Gasteiger partial charge is 0.223 e. The van der Waals surface area contributed by atoms with Crippen LogP contribution in [-0.4, -0.2) is 38.2 Å². The van der Waals surface area contributed by atoms with E-state index in [-0.39, 0.29) is 5.91 Å². The van der Waals surface area contributed by atoms with E-state index in [9.17, 15) is 4.79 Å². The zero-order valence-electron chi connectivity index (χ0n) is 18.8. The Balaban J connectivity index is 1.27. The van der Waals surface area contributed by atoms with Crippen LogP contribution in [-0.2, 0) is 17.8 Å². The summed E-state index contributed by atoms with van der Waals surface area (Å²) >= 11 is 0. The number of aryl methyl sites for hydroxylation is 2. The van der Waals surface area contributed by atoms with E-state index in [1.807, 2.05) is 30.6 Å². The lowest BCUT2D eigenvalue weighted by Crippen LogP contribution is -2.34. The van der Waals surface area contributed by atoms with Crippen LogP contribution in [0.4, 0.5) is 0 Å². The van der Waals surface area contributed by atoms with Crippen LogP contribution in [0.1, 0.15) is 31.0 Å². The number of carbonyl (C=O) groups is 1. The number of nitrogens with one attached hydrogen (secondary N) is 1. The van der Waals surface area contributed by atoms with Crippen molar-refractivity contribution in [2.24, 2.45) is 5.92 Å². The van der Waals surface area contributed by atoms with Gasteiger partial charge in [-0.3, -0.25) is 9.89 Å². The van der Waals surface area contributed by atoms with E-state index in [0.717, 1.165) is 31.5 Å². The first-order valence-corrected chi connectivity index (χ1v) is 11.5. The minimum Gasteiger partial charge on any atom is -0.345 e. The Labute approximate surface area is 189 Å². The molecule has 164 valence electrons. The molecule has 2 aromatic heterocycles. The summed E-state index contributed by atoms with van der Waals surface area (Å²) in [5.41, 5.74) is 6.04. The second kappa shape index (κ2) is 8.65. The molecule has 2 aromatic carbocycles. The summed E-state index contributed by atoms with van der Waals surface area (Å²) in [5, 5.41) is 8.21. The van der Waals surface area contributed by atoms with E-state index < -0.39 is 0 Å². The normalized spacial score (nSPS) is 18.5. The molecule has 1 aliphatic rings. The van der Waals surface area contributed by atoms with Gasteiger partial charge in [0.25, 0.3) is 0 Å². The molecule has 1 amide bonds. The van der Waals surface area contributed by atoms with Crippen LogP contribution >= 0.6 is 0 Å². The molecule has 3 heterocycles. The number of likely N-dealkylation sites (tertiary alicyclic amines) is 1. The van der Waals surface area contributed by atoms with Crippen LogP contribution in [0.2, 0.25) is 0 Å². The van der Waals surface area contributed by atoms with Gasteiger partial charge in [-0.15, -0.1) is 0 Å². The molecule has 0 radical (unpaired) electrons. The number of H-pyrrole nitrogens is 1. The number of carbonyl (C=O) groups excluding carboxylic acids is 1. The second-order valence-electron chi connectivity index (χ2n) is 9.14. The number of amides is 1. The van der Waals surface area contributed by atoms with Crippen molar-refractivity contribution >= 4 is 16.8 Å². The number of hydrogen-bond donors (Lipinski definition) is 1. The van der Waals surface area contributed by atoms with Crippen LogP contribution < -0.4 is 0 Å². The summed E-state index contributed by atoms with van der Waals surface area (Å²) in [6, 6.07) is 19.5. The summed E-state index contributed by atoms with van der Waals surface area (Å²) in [6.07, 6.45) is 6.24. The fourth-order valence-electron chi connectivity index (χ4n) is 5.16. The molecule has 4 aromatic rings. The molecule has 1 fully saturated rings. The molecule has 1 saturated heterocycles. The Hall–Kier alpha value is -3.34. The number of rotatable bonds is 6. The number of hydrogen-bond acceptors (Lipinski definition) is 2. The monoisotopic (exact) mass is 426 g/mol. The third-order valence-electron chi connectivity index (χ3n) is 6.83. The van der Waals surface area contributed by atoms with Crippen LogP contribution in [0.15, 0.2) is 67.0 Å². The number of aromatic amines is 1. The van der Waals surface area contributed by atoms with Gasteiger partial charge in [0.15, 0.2) is 0 Å². The van der Waals surface area contributed by atoms with Crippen molar-refractivity contribution in [3.8, 4) is 11.1 Å². The van der Waals surface area contributed by atoms with E-state index in [4.69, 9.17) is 0 Å². The van der Waals surface area contributed by atoms with Gasteiger partial charge in [0, 0.05) is 53.9 Å². The Morgan fingerprint density at radius 3 is 2.75 bits per heavy atom. The van der Waals surface area contributed by atoms with Crippen LogP contribution in [0.5, 0.6) is 0 Å². The van der Waals surface area contributed by atoms with E-state index >= 15 is 0 Å². The lowest BCUT2D eigenvalue weighted by atomic mass is 10.1. The topological polar surface area (TPSA) is 53.9 Å². The molecule has 0 bridgehead atoms. The molecule has 0 aliphatic carbocycles. The average Bonchev–Trinajstić information content (AvgIpc) is 3.53. The van der Waals surface area contributed by atoms with Gasteiger partial charge in [0.2, 0.25) is 5.91 Å². The van der Waals surface area contributed by atoms with Crippen molar-refractivity contribution in [2.75, 3.05) is 6.54 Å². The maximum atomic E-state index is 12.9. The van der Waals surface area contributed by atoms with E-state index in [1.165, 1.54) is 27.7 Å². The van der Waals surface area contributed by atoms with Gasteiger partial charge in [0.05, 0.1) is 6.20 Å². The van der Waals surface area contributed by atoms with Crippen molar-refractivity contribution in [1.82, 2.24) is 19.7 Å². The number of fused-ring (bicyclic) bond motifs is 1. The first-order valence-electron chi connectivity index (χ1n) is 11.5. The molecular weight excluding hydrogens is 396 g/mol. The van der Waals surface area contributed by atoms with Crippen molar-refractivity contribution in [3.05, 3.63) is 78.2 Å². The molecule has 0 unspecified atom stereocenters. The molecular formula is C27H30N4O. The highest BCUT2D eigenvalue weighted by Crippen LogP contribution is 2.30. The van der Waals surface area contributed by atoms with Crippen LogP contribution in [0.3, 0.4) is 0 Å². The highest BCUT2D eigenvalue weighted by molar-refractivity contribution is 5.86. The quantitative estimate of drug-likeness (QED) is 0.460. The molecule has 32 heavy (non-hydrogen) atoms. The van der Waals surface area contributed by atoms with Gasteiger partial charge in [0.1, 0.15) is 0 Å². The van der Waals surface area contributed by atoms with Gasteiger partial charge in [-0.05, 0) is 61.9 Å².